The SMILES string of the molecule is OC(c1ccc(Cl)cc1)c1cc2cccc(Br)c2o1. The molecule has 1 atom stereocenters. The van der Waals surface area contributed by atoms with Gasteiger partial charge in [0, 0.05) is 10.4 Å². The van der Waals surface area contributed by atoms with Gasteiger partial charge in [0.25, 0.3) is 0 Å². The van der Waals surface area contributed by atoms with Crippen molar-refractivity contribution in [1.82, 2.24) is 0 Å². The number of aliphatic hydroxyl groups excluding tert-OH is 1. The van der Waals surface area contributed by atoms with Gasteiger partial charge in [-0.25, -0.2) is 0 Å². The van der Waals surface area contributed by atoms with E-state index in [1.807, 2.05) is 24.3 Å². The predicted octanol–water partition coefficient (Wildman–Crippen LogP) is 4.93. The summed E-state index contributed by atoms with van der Waals surface area (Å²) >= 11 is 9.27. The van der Waals surface area contributed by atoms with E-state index < -0.39 is 6.10 Å². The summed E-state index contributed by atoms with van der Waals surface area (Å²) in [4.78, 5) is 0. The molecule has 1 aromatic heterocycles. The zero-order chi connectivity index (χ0) is 13.4. The van der Waals surface area contributed by atoms with Crippen LogP contribution in [0.3, 0.4) is 0 Å². The second kappa shape index (κ2) is 5.00. The second-order valence-corrected chi connectivity index (χ2v) is 5.55. The molecule has 0 aliphatic rings. The monoisotopic (exact) mass is 336 g/mol. The van der Waals surface area contributed by atoms with Crippen LogP contribution in [0.4, 0.5) is 0 Å². The molecule has 2 aromatic carbocycles. The third-order valence-corrected chi connectivity index (χ3v) is 3.85. The van der Waals surface area contributed by atoms with E-state index in [9.17, 15) is 5.11 Å². The number of rotatable bonds is 2. The Morgan fingerprint density at radius 2 is 1.84 bits per heavy atom. The van der Waals surface area contributed by atoms with Crippen molar-refractivity contribution in [3.8, 4) is 0 Å². The maximum atomic E-state index is 10.3. The Balaban J connectivity index is 2.04. The van der Waals surface area contributed by atoms with Crippen molar-refractivity contribution in [2.75, 3.05) is 0 Å². The molecule has 0 aliphatic carbocycles. The Bertz CT molecular complexity index is 719. The third-order valence-electron chi connectivity index (χ3n) is 2.97. The highest BCUT2D eigenvalue weighted by Crippen LogP contribution is 2.32. The maximum Gasteiger partial charge on any atom is 0.148 e. The van der Waals surface area contributed by atoms with Crippen LogP contribution in [0, 0.1) is 0 Å². The zero-order valence-electron chi connectivity index (χ0n) is 9.81. The van der Waals surface area contributed by atoms with Crippen LogP contribution >= 0.6 is 27.5 Å². The van der Waals surface area contributed by atoms with Gasteiger partial charge in [-0.2, -0.15) is 0 Å². The average Bonchev–Trinajstić information content (AvgIpc) is 2.84. The number of hydrogen-bond donors (Lipinski definition) is 1. The van der Waals surface area contributed by atoms with Gasteiger partial charge in [-0.05, 0) is 45.8 Å². The van der Waals surface area contributed by atoms with Gasteiger partial charge < -0.3 is 9.52 Å². The maximum absolute atomic E-state index is 10.3. The van der Waals surface area contributed by atoms with E-state index >= 15 is 0 Å². The molecule has 0 spiro atoms. The van der Waals surface area contributed by atoms with E-state index in [4.69, 9.17) is 16.0 Å². The summed E-state index contributed by atoms with van der Waals surface area (Å²) < 4.78 is 6.59. The van der Waals surface area contributed by atoms with E-state index in [2.05, 4.69) is 15.9 Å². The Hall–Kier alpha value is -1.29. The molecule has 1 N–H and O–H groups in total. The summed E-state index contributed by atoms with van der Waals surface area (Å²) in [6.45, 7) is 0. The molecule has 3 aromatic rings. The van der Waals surface area contributed by atoms with Gasteiger partial charge in [0.15, 0.2) is 0 Å². The summed E-state index contributed by atoms with van der Waals surface area (Å²) in [5, 5.41) is 11.9. The second-order valence-electron chi connectivity index (χ2n) is 4.26. The van der Waals surface area contributed by atoms with E-state index in [1.54, 1.807) is 24.3 Å². The lowest BCUT2D eigenvalue weighted by molar-refractivity contribution is 0.192. The molecule has 0 radical (unpaired) electrons. The highest BCUT2D eigenvalue weighted by atomic mass is 79.9. The molecular weight excluding hydrogens is 328 g/mol. The molecule has 4 heteroatoms. The largest absolute Gasteiger partial charge is 0.457 e. The number of para-hydroxylation sites is 1. The van der Waals surface area contributed by atoms with E-state index in [0.717, 1.165) is 21.0 Å². The first-order valence-corrected chi connectivity index (χ1v) is 6.94. The fourth-order valence-corrected chi connectivity index (χ4v) is 2.58. The zero-order valence-corrected chi connectivity index (χ0v) is 12.1. The van der Waals surface area contributed by atoms with Crippen LogP contribution in [0.5, 0.6) is 0 Å². The molecule has 96 valence electrons. The Labute approximate surface area is 123 Å². The van der Waals surface area contributed by atoms with Crippen molar-refractivity contribution in [3.63, 3.8) is 0 Å². The van der Waals surface area contributed by atoms with Gasteiger partial charge in [-0.3, -0.25) is 0 Å². The summed E-state index contributed by atoms with van der Waals surface area (Å²) in [7, 11) is 0. The average molecular weight is 338 g/mol. The first-order valence-electron chi connectivity index (χ1n) is 5.76. The number of aliphatic hydroxyl groups is 1. The van der Waals surface area contributed by atoms with Crippen LogP contribution in [0.25, 0.3) is 11.0 Å². The molecule has 3 rings (SSSR count). The van der Waals surface area contributed by atoms with Crippen LogP contribution in [0.15, 0.2) is 57.4 Å². The number of halogens is 2. The number of furan rings is 1. The molecule has 0 aliphatic heterocycles. The van der Waals surface area contributed by atoms with Gasteiger partial charge in [0.05, 0.1) is 4.47 Å². The highest BCUT2D eigenvalue weighted by molar-refractivity contribution is 9.10. The van der Waals surface area contributed by atoms with Gasteiger partial charge in [0.1, 0.15) is 17.4 Å². The van der Waals surface area contributed by atoms with Crippen molar-refractivity contribution in [2.45, 2.75) is 6.10 Å². The summed E-state index contributed by atoms with van der Waals surface area (Å²) in [5.41, 5.74) is 1.49. The quantitative estimate of drug-likeness (QED) is 0.719. The van der Waals surface area contributed by atoms with Crippen molar-refractivity contribution < 1.29 is 9.52 Å². The van der Waals surface area contributed by atoms with Crippen molar-refractivity contribution in [3.05, 3.63) is 69.3 Å². The number of fused-ring (bicyclic) bond motifs is 1. The summed E-state index contributed by atoms with van der Waals surface area (Å²) in [5.74, 6) is 0.518. The normalized spacial score (nSPS) is 12.8. The fraction of sp³-hybridized carbons (Fsp3) is 0.0667. The van der Waals surface area contributed by atoms with Crippen molar-refractivity contribution in [1.29, 1.82) is 0 Å². The first-order chi connectivity index (χ1) is 9.15. The van der Waals surface area contributed by atoms with Gasteiger partial charge >= 0.3 is 0 Å². The Morgan fingerprint density at radius 1 is 1.11 bits per heavy atom. The van der Waals surface area contributed by atoms with Crippen LogP contribution in [0.2, 0.25) is 5.02 Å². The van der Waals surface area contributed by atoms with Crippen LogP contribution < -0.4 is 0 Å². The molecule has 0 bridgehead atoms. The standard InChI is InChI=1S/C15H10BrClO2/c16-12-3-1-2-10-8-13(19-15(10)12)14(18)9-4-6-11(17)7-5-9/h1-8,14,18H. The van der Waals surface area contributed by atoms with Crippen LogP contribution in [-0.4, -0.2) is 5.11 Å². The minimum atomic E-state index is -0.795. The molecule has 0 saturated heterocycles. The van der Waals surface area contributed by atoms with E-state index in [0.29, 0.717) is 10.8 Å². The minimum absolute atomic E-state index is 0.518. The predicted molar refractivity (Wildman–Crippen MR) is 79.4 cm³/mol. The van der Waals surface area contributed by atoms with Crippen LogP contribution in [-0.2, 0) is 0 Å². The lowest BCUT2D eigenvalue weighted by atomic mass is 10.1. The van der Waals surface area contributed by atoms with Gasteiger partial charge in [0.2, 0.25) is 0 Å². The molecule has 0 saturated carbocycles. The highest BCUT2D eigenvalue weighted by Gasteiger charge is 2.16. The minimum Gasteiger partial charge on any atom is -0.457 e. The van der Waals surface area contributed by atoms with Crippen molar-refractivity contribution in [2.24, 2.45) is 0 Å². The van der Waals surface area contributed by atoms with Gasteiger partial charge in [-0.15, -0.1) is 0 Å². The molecule has 19 heavy (non-hydrogen) atoms. The third kappa shape index (κ3) is 2.41. The molecule has 0 fully saturated rings. The molecule has 1 unspecified atom stereocenters. The lowest BCUT2D eigenvalue weighted by Crippen LogP contribution is -1.97. The first kappa shape index (κ1) is 12.7. The number of hydrogen-bond acceptors (Lipinski definition) is 2. The van der Waals surface area contributed by atoms with E-state index in [1.165, 1.54) is 0 Å². The molecular formula is C15H10BrClO2. The molecule has 0 amide bonds. The smallest absolute Gasteiger partial charge is 0.148 e. The lowest BCUT2D eigenvalue weighted by Gasteiger charge is -2.07. The van der Waals surface area contributed by atoms with E-state index in [-0.39, 0.29) is 0 Å². The molecule has 1 heterocycles. The van der Waals surface area contributed by atoms with Crippen molar-refractivity contribution >= 4 is 38.5 Å². The van der Waals surface area contributed by atoms with Crippen LogP contribution in [0.1, 0.15) is 17.4 Å². The Kier molecular flexibility index (Phi) is 3.35. The fourth-order valence-electron chi connectivity index (χ4n) is 1.99. The summed E-state index contributed by atoms with van der Waals surface area (Å²) in [6, 6.07) is 14.7. The Morgan fingerprint density at radius 3 is 2.53 bits per heavy atom. The topological polar surface area (TPSA) is 33.4 Å². The molecule has 2 nitrogen and oxygen atoms in total. The number of benzene rings is 2. The summed E-state index contributed by atoms with van der Waals surface area (Å²) in [6.07, 6.45) is -0.795. The van der Waals surface area contributed by atoms with Gasteiger partial charge in [-0.1, -0.05) is 35.9 Å².